The lowest BCUT2D eigenvalue weighted by atomic mass is 10.0. The Hall–Kier alpha value is -2.01. The van der Waals surface area contributed by atoms with Gasteiger partial charge in [0.25, 0.3) is 0 Å². The maximum atomic E-state index is 10.7. The number of aromatic amines is 1. The Balaban J connectivity index is 2.15. The number of rotatable bonds is 1. The van der Waals surface area contributed by atoms with Crippen LogP contribution >= 0.6 is 0 Å². The molecule has 1 aromatic heterocycles. The van der Waals surface area contributed by atoms with Crippen LogP contribution in [0.5, 0.6) is 0 Å². The van der Waals surface area contributed by atoms with E-state index in [0.717, 1.165) is 23.2 Å². The predicted octanol–water partition coefficient (Wildman–Crippen LogP) is 2.62. The lowest BCUT2D eigenvalue weighted by Gasteiger charge is -2.22. The van der Waals surface area contributed by atoms with Crippen LogP contribution in [0.3, 0.4) is 0 Å². The number of H-pyrrole nitrogens is 1. The molecule has 0 bridgehead atoms. The van der Waals surface area contributed by atoms with Gasteiger partial charge >= 0.3 is 6.16 Å². The van der Waals surface area contributed by atoms with Gasteiger partial charge in [0.1, 0.15) is 0 Å². The summed E-state index contributed by atoms with van der Waals surface area (Å²) in [5, 5.41) is 13.0. The number of benzene rings is 1. The number of fused-ring (bicyclic) bond motifs is 3. The quantitative estimate of drug-likeness (QED) is 0.689. The third-order valence-electron chi connectivity index (χ3n) is 3.74. The summed E-state index contributed by atoms with van der Waals surface area (Å²) in [4.78, 5) is 14.0. The van der Waals surface area contributed by atoms with E-state index < -0.39 is 12.4 Å². The molecule has 3 N–H and O–H groups in total. The lowest BCUT2D eigenvalue weighted by molar-refractivity contribution is 0.0316. The average Bonchev–Trinajstić information content (AvgIpc) is 2.68. The van der Waals surface area contributed by atoms with Gasteiger partial charge in [-0.05, 0) is 49.1 Å². The minimum Gasteiger partial charge on any atom is -0.450 e. The van der Waals surface area contributed by atoms with E-state index in [2.05, 4.69) is 36.3 Å². The van der Waals surface area contributed by atoms with Gasteiger partial charge in [-0.2, -0.15) is 0 Å². The first-order chi connectivity index (χ1) is 9.06. The van der Waals surface area contributed by atoms with Crippen molar-refractivity contribution in [1.29, 1.82) is 0 Å². The molecule has 0 saturated carbocycles. The van der Waals surface area contributed by atoms with Crippen molar-refractivity contribution in [3.63, 3.8) is 0 Å². The van der Waals surface area contributed by atoms with Crippen molar-refractivity contribution in [2.75, 3.05) is 6.54 Å². The van der Waals surface area contributed by atoms with Gasteiger partial charge in [0.05, 0.1) is 5.69 Å². The van der Waals surface area contributed by atoms with Gasteiger partial charge in [0.15, 0.2) is 6.23 Å². The Morgan fingerprint density at radius 1 is 1.37 bits per heavy atom. The second-order valence-corrected chi connectivity index (χ2v) is 4.97. The zero-order valence-corrected chi connectivity index (χ0v) is 10.9. The summed E-state index contributed by atoms with van der Waals surface area (Å²) in [6.07, 6.45) is -0.997. The number of aryl methyl sites for hydroxylation is 2. The van der Waals surface area contributed by atoms with Gasteiger partial charge in [0.2, 0.25) is 0 Å². The summed E-state index contributed by atoms with van der Waals surface area (Å²) < 4.78 is 4.88. The molecule has 0 radical (unpaired) electrons. The van der Waals surface area contributed by atoms with E-state index in [-0.39, 0.29) is 0 Å². The largest absolute Gasteiger partial charge is 0.507 e. The molecule has 0 spiro atoms. The normalized spacial score (nSPS) is 18.3. The summed E-state index contributed by atoms with van der Waals surface area (Å²) in [6.45, 7) is 4.86. The van der Waals surface area contributed by atoms with E-state index in [1.165, 1.54) is 16.5 Å². The van der Waals surface area contributed by atoms with Gasteiger partial charge in [-0.1, -0.05) is 0 Å². The Bertz CT molecular complexity index is 660. The monoisotopic (exact) mass is 260 g/mol. The Morgan fingerprint density at radius 2 is 2.11 bits per heavy atom. The molecule has 2 aromatic rings. The van der Waals surface area contributed by atoms with Crippen LogP contribution < -0.4 is 5.32 Å². The maximum absolute atomic E-state index is 10.7. The Kier molecular flexibility index (Phi) is 2.71. The van der Waals surface area contributed by atoms with Gasteiger partial charge < -0.3 is 14.8 Å². The highest BCUT2D eigenvalue weighted by molar-refractivity contribution is 5.86. The van der Waals surface area contributed by atoms with Crippen molar-refractivity contribution < 1.29 is 14.6 Å². The van der Waals surface area contributed by atoms with Crippen molar-refractivity contribution in [1.82, 2.24) is 10.3 Å². The minimum atomic E-state index is -1.27. The summed E-state index contributed by atoms with van der Waals surface area (Å²) in [5.74, 6) is 0. The van der Waals surface area contributed by atoms with E-state index in [4.69, 9.17) is 9.84 Å². The molecule has 1 aromatic carbocycles. The molecule has 5 nitrogen and oxygen atoms in total. The molecular weight excluding hydrogens is 244 g/mol. The highest BCUT2D eigenvalue weighted by Gasteiger charge is 2.26. The van der Waals surface area contributed by atoms with Crippen LogP contribution in [0.25, 0.3) is 10.9 Å². The molecule has 0 saturated heterocycles. The number of carbonyl (C=O) groups is 1. The zero-order chi connectivity index (χ0) is 13.6. The van der Waals surface area contributed by atoms with Crippen molar-refractivity contribution in [2.45, 2.75) is 26.5 Å². The summed E-state index contributed by atoms with van der Waals surface area (Å²) >= 11 is 0. The summed E-state index contributed by atoms with van der Waals surface area (Å²) in [7, 11) is 0. The average molecular weight is 260 g/mol. The standard InChI is InChI=1S/C14H16N2O3/c1-7-5-10-9-3-4-15-13(19-14(17)18)12(9)16-11(10)6-8(7)2/h5-6,13,15-16H,3-4H2,1-2H3,(H,17,18). The van der Waals surface area contributed by atoms with Crippen LogP contribution in [0.15, 0.2) is 12.1 Å². The number of ether oxygens (including phenoxy) is 1. The molecule has 0 fully saturated rings. The van der Waals surface area contributed by atoms with Crippen LogP contribution in [0.4, 0.5) is 4.79 Å². The minimum absolute atomic E-state index is 0.603. The number of carboxylic acid groups (broad SMARTS) is 1. The molecule has 3 rings (SSSR count). The molecular formula is C14H16N2O3. The van der Waals surface area contributed by atoms with Crippen LogP contribution in [0.2, 0.25) is 0 Å². The van der Waals surface area contributed by atoms with Crippen molar-refractivity contribution in [3.05, 3.63) is 34.5 Å². The number of nitrogens with one attached hydrogen (secondary N) is 2. The molecule has 100 valence electrons. The Labute approximate surface area is 110 Å². The lowest BCUT2D eigenvalue weighted by Crippen LogP contribution is -2.32. The third-order valence-corrected chi connectivity index (χ3v) is 3.74. The van der Waals surface area contributed by atoms with E-state index in [1.807, 2.05) is 0 Å². The smallest absolute Gasteiger partial charge is 0.450 e. The molecule has 0 amide bonds. The molecule has 1 unspecified atom stereocenters. The predicted molar refractivity (Wildman–Crippen MR) is 71.3 cm³/mol. The number of aromatic nitrogens is 1. The number of hydrogen-bond donors (Lipinski definition) is 3. The van der Waals surface area contributed by atoms with Crippen molar-refractivity contribution >= 4 is 17.1 Å². The van der Waals surface area contributed by atoms with Crippen molar-refractivity contribution in [2.24, 2.45) is 0 Å². The van der Waals surface area contributed by atoms with Gasteiger partial charge in [-0.15, -0.1) is 0 Å². The molecule has 2 heterocycles. The molecule has 0 aliphatic carbocycles. The highest BCUT2D eigenvalue weighted by atomic mass is 16.7. The Morgan fingerprint density at radius 3 is 2.84 bits per heavy atom. The van der Waals surface area contributed by atoms with Gasteiger partial charge in [-0.25, -0.2) is 4.79 Å². The van der Waals surface area contributed by atoms with E-state index in [1.54, 1.807) is 0 Å². The second kappa shape index (κ2) is 4.28. The molecule has 1 aliphatic rings. The molecule has 1 aliphatic heterocycles. The summed E-state index contributed by atoms with van der Waals surface area (Å²) in [6, 6.07) is 4.25. The molecule has 5 heteroatoms. The first-order valence-corrected chi connectivity index (χ1v) is 6.31. The van der Waals surface area contributed by atoms with E-state index >= 15 is 0 Å². The van der Waals surface area contributed by atoms with Crippen LogP contribution in [-0.4, -0.2) is 22.8 Å². The molecule has 1 atom stereocenters. The third kappa shape index (κ3) is 1.96. The van der Waals surface area contributed by atoms with Gasteiger partial charge in [-0.3, -0.25) is 5.32 Å². The fourth-order valence-electron chi connectivity index (χ4n) is 2.66. The number of hydrogen-bond acceptors (Lipinski definition) is 3. The van der Waals surface area contributed by atoms with Crippen molar-refractivity contribution in [3.8, 4) is 0 Å². The first-order valence-electron chi connectivity index (χ1n) is 6.31. The fourth-order valence-corrected chi connectivity index (χ4v) is 2.66. The van der Waals surface area contributed by atoms with Crippen LogP contribution in [0.1, 0.15) is 28.6 Å². The van der Waals surface area contributed by atoms with E-state index in [9.17, 15) is 4.79 Å². The van der Waals surface area contributed by atoms with Crippen LogP contribution in [0, 0.1) is 13.8 Å². The SMILES string of the molecule is Cc1cc2[nH]c3c(c2cc1C)CCNC3OC(=O)O. The maximum Gasteiger partial charge on any atom is 0.507 e. The van der Waals surface area contributed by atoms with E-state index in [0.29, 0.717) is 6.54 Å². The fraction of sp³-hybridized carbons (Fsp3) is 0.357. The van der Waals surface area contributed by atoms with Gasteiger partial charge in [0, 0.05) is 17.4 Å². The highest BCUT2D eigenvalue weighted by Crippen LogP contribution is 2.32. The van der Waals surface area contributed by atoms with Crippen LogP contribution in [-0.2, 0) is 11.2 Å². The zero-order valence-electron chi connectivity index (χ0n) is 10.9. The molecule has 19 heavy (non-hydrogen) atoms. The first kappa shape index (κ1) is 12.0. The topological polar surface area (TPSA) is 74.3 Å². The summed E-state index contributed by atoms with van der Waals surface area (Å²) in [5.41, 5.74) is 5.48. The second-order valence-electron chi connectivity index (χ2n) is 4.97.